The van der Waals surface area contributed by atoms with E-state index in [9.17, 15) is 8.42 Å². The van der Waals surface area contributed by atoms with Gasteiger partial charge in [-0.15, -0.1) is 23.5 Å². The van der Waals surface area contributed by atoms with E-state index in [2.05, 4.69) is 0 Å². The topological polar surface area (TPSA) is 34.1 Å². The van der Waals surface area contributed by atoms with E-state index in [-0.39, 0.29) is 0 Å². The van der Waals surface area contributed by atoms with Crippen LogP contribution in [0.25, 0.3) is 0 Å². The molecule has 0 saturated heterocycles. The highest BCUT2D eigenvalue weighted by Crippen LogP contribution is 2.16. The van der Waals surface area contributed by atoms with Gasteiger partial charge < -0.3 is 0 Å². The zero-order valence-electron chi connectivity index (χ0n) is 8.20. The van der Waals surface area contributed by atoms with E-state index in [1.54, 1.807) is 13.8 Å². The van der Waals surface area contributed by atoms with Gasteiger partial charge in [0, 0.05) is 10.8 Å². The van der Waals surface area contributed by atoms with Crippen molar-refractivity contribution in [3.8, 4) is 0 Å². The molecule has 5 heteroatoms. The van der Waals surface area contributed by atoms with Crippen molar-refractivity contribution in [3.63, 3.8) is 0 Å². The lowest BCUT2D eigenvalue weighted by molar-refractivity contribution is 0.612. The Bertz CT molecular complexity index is 286. The molecule has 76 valence electrons. The second kappa shape index (κ2) is 5.78. The number of allylic oxidation sites excluding steroid dienone is 2. The lowest BCUT2D eigenvalue weighted by Crippen LogP contribution is -1.90. The quantitative estimate of drug-likeness (QED) is 0.754. The maximum atomic E-state index is 11.4. The fraction of sp³-hybridized carbons (Fsp3) is 0.500. The van der Waals surface area contributed by atoms with Crippen LogP contribution >= 0.6 is 23.5 Å². The molecule has 0 heterocycles. The van der Waals surface area contributed by atoms with Gasteiger partial charge in [0.1, 0.15) is 0 Å². The van der Waals surface area contributed by atoms with Crippen molar-refractivity contribution in [1.29, 1.82) is 0 Å². The molecular weight excluding hydrogens is 224 g/mol. The number of sulfone groups is 1. The van der Waals surface area contributed by atoms with Gasteiger partial charge in [0.25, 0.3) is 0 Å². The predicted molar refractivity (Wildman–Crippen MR) is 63.5 cm³/mol. The Hall–Kier alpha value is 0.130. The highest BCUT2D eigenvalue weighted by Gasteiger charge is 2.03. The summed E-state index contributed by atoms with van der Waals surface area (Å²) in [6.45, 7) is 3.56. The lowest BCUT2D eigenvalue weighted by Gasteiger charge is -1.96. The van der Waals surface area contributed by atoms with Crippen molar-refractivity contribution in [1.82, 2.24) is 0 Å². The van der Waals surface area contributed by atoms with Gasteiger partial charge in [-0.1, -0.05) is 0 Å². The van der Waals surface area contributed by atoms with E-state index in [0.29, 0.717) is 0 Å². The van der Waals surface area contributed by atoms with Gasteiger partial charge in [0.15, 0.2) is 9.84 Å². The molecule has 0 N–H and O–H groups in total. The number of thioether (sulfide) groups is 2. The van der Waals surface area contributed by atoms with Crippen molar-refractivity contribution in [2.24, 2.45) is 0 Å². The molecule has 0 saturated carbocycles. The Balaban J connectivity index is 4.81. The number of hydrogen-bond donors (Lipinski definition) is 0. The molecule has 0 spiro atoms. The third-order valence-corrected chi connectivity index (χ3v) is 4.49. The fourth-order valence-electron chi connectivity index (χ4n) is 0.593. The minimum atomic E-state index is -3.17. The third-order valence-electron chi connectivity index (χ3n) is 1.30. The van der Waals surface area contributed by atoms with E-state index >= 15 is 0 Å². The molecule has 0 unspecified atom stereocenters. The minimum absolute atomic E-state index is 0.796. The first-order valence-corrected chi connectivity index (χ1v) is 7.67. The fourth-order valence-corrected chi connectivity index (χ4v) is 3.16. The molecule has 0 aliphatic rings. The van der Waals surface area contributed by atoms with Crippen LogP contribution in [0.4, 0.5) is 0 Å². The van der Waals surface area contributed by atoms with E-state index in [4.69, 9.17) is 0 Å². The van der Waals surface area contributed by atoms with E-state index in [1.807, 2.05) is 12.5 Å². The van der Waals surface area contributed by atoms with Crippen molar-refractivity contribution < 1.29 is 8.42 Å². The molecule has 0 aromatic rings. The summed E-state index contributed by atoms with van der Waals surface area (Å²) in [5.74, 6) is 0. The largest absolute Gasteiger partial charge is 0.220 e. The average molecular weight is 238 g/mol. The van der Waals surface area contributed by atoms with Gasteiger partial charge in [0.2, 0.25) is 0 Å². The molecule has 0 aromatic heterocycles. The standard InChI is InChI=1S/C8H14O2S3/c1-7(11-3)5-13(9,10)6-8(2)12-4/h5-6H,1-4H3. The third kappa shape index (κ3) is 6.23. The Morgan fingerprint density at radius 2 is 1.31 bits per heavy atom. The van der Waals surface area contributed by atoms with E-state index in [1.165, 1.54) is 34.3 Å². The predicted octanol–water partition coefficient (Wildman–Crippen LogP) is 2.85. The summed E-state index contributed by atoms with van der Waals surface area (Å²) >= 11 is 2.86. The average Bonchev–Trinajstić information content (AvgIpc) is 2.02. The minimum Gasteiger partial charge on any atom is -0.220 e. The smallest absolute Gasteiger partial charge is 0.194 e. The summed E-state index contributed by atoms with van der Waals surface area (Å²) < 4.78 is 22.8. The van der Waals surface area contributed by atoms with Crippen LogP contribution in [-0.4, -0.2) is 20.9 Å². The van der Waals surface area contributed by atoms with E-state index < -0.39 is 9.84 Å². The Kier molecular flexibility index (Phi) is 5.83. The van der Waals surface area contributed by atoms with Crippen molar-refractivity contribution in [2.75, 3.05) is 12.5 Å². The number of hydrogen-bond acceptors (Lipinski definition) is 4. The molecule has 0 aliphatic carbocycles. The second-order valence-electron chi connectivity index (χ2n) is 2.45. The highest BCUT2D eigenvalue weighted by atomic mass is 32.2. The van der Waals surface area contributed by atoms with E-state index in [0.717, 1.165) is 9.81 Å². The first-order chi connectivity index (χ1) is 5.91. The van der Waals surface area contributed by atoms with Crippen LogP contribution in [0.3, 0.4) is 0 Å². The van der Waals surface area contributed by atoms with Crippen LogP contribution in [0.5, 0.6) is 0 Å². The summed E-state index contributed by atoms with van der Waals surface area (Å²) in [7, 11) is -3.17. The van der Waals surface area contributed by atoms with Gasteiger partial charge in [-0.3, -0.25) is 0 Å². The maximum Gasteiger partial charge on any atom is 0.194 e. The van der Waals surface area contributed by atoms with Crippen LogP contribution in [0.2, 0.25) is 0 Å². The first kappa shape index (κ1) is 13.1. The normalized spacial score (nSPS) is 14.8. The van der Waals surface area contributed by atoms with Crippen LogP contribution in [0.15, 0.2) is 20.6 Å². The molecule has 0 atom stereocenters. The summed E-state index contributed by atoms with van der Waals surface area (Å²) in [6, 6.07) is 0. The first-order valence-electron chi connectivity index (χ1n) is 3.61. The van der Waals surface area contributed by atoms with Crippen LogP contribution in [0, 0.1) is 0 Å². The lowest BCUT2D eigenvalue weighted by atomic mass is 10.7. The van der Waals surface area contributed by atoms with Crippen LogP contribution < -0.4 is 0 Å². The zero-order chi connectivity index (χ0) is 10.5. The van der Waals surface area contributed by atoms with Crippen LogP contribution in [0.1, 0.15) is 13.8 Å². The molecule has 2 nitrogen and oxygen atoms in total. The van der Waals surface area contributed by atoms with Crippen molar-refractivity contribution in [3.05, 3.63) is 20.6 Å². The molecule has 0 aliphatic heterocycles. The van der Waals surface area contributed by atoms with Gasteiger partial charge in [0.05, 0.1) is 0 Å². The Morgan fingerprint density at radius 1 is 1.00 bits per heavy atom. The van der Waals surface area contributed by atoms with Crippen LogP contribution in [-0.2, 0) is 9.84 Å². The molecule has 0 fully saturated rings. The Labute approximate surface area is 88.8 Å². The SMILES string of the molecule is CSC(C)=CS(=O)(=O)C=C(C)SC. The second-order valence-corrected chi connectivity index (χ2v) is 6.21. The Morgan fingerprint density at radius 3 is 1.54 bits per heavy atom. The molecule has 13 heavy (non-hydrogen) atoms. The molecular formula is C8H14O2S3. The maximum absolute atomic E-state index is 11.4. The summed E-state index contributed by atoms with van der Waals surface area (Å²) in [5, 5.41) is 2.58. The van der Waals surface area contributed by atoms with Gasteiger partial charge in [-0.2, -0.15) is 0 Å². The molecule has 0 amide bonds. The van der Waals surface area contributed by atoms with Gasteiger partial charge in [-0.05, 0) is 36.2 Å². The summed E-state index contributed by atoms with van der Waals surface area (Å²) in [5.41, 5.74) is 0. The molecule has 0 aromatic carbocycles. The van der Waals surface area contributed by atoms with Gasteiger partial charge in [-0.25, -0.2) is 8.42 Å². The highest BCUT2D eigenvalue weighted by molar-refractivity contribution is 8.05. The zero-order valence-corrected chi connectivity index (χ0v) is 10.6. The van der Waals surface area contributed by atoms with Crippen molar-refractivity contribution >= 4 is 33.4 Å². The number of rotatable bonds is 4. The summed E-state index contributed by atoms with van der Waals surface area (Å²) in [6.07, 6.45) is 3.71. The monoisotopic (exact) mass is 238 g/mol. The van der Waals surface area contributed by atoms with Crippen molar-refractivity contribution in [2.45, 2.75) is 13.8 Å². The molecule has 0 radical (unpaired) electrons. The van der Waals surface area contributed by atoms with Gasteiger partial charge >= 0.3 is 0 Å². The molecule has 0 rings (SSSR count). The molecule has 0 bridgehead atoms. The summed E-state index contributed by atoms with van der Waals surface area (Å²) in [4.78, 5) is 1.59.